The lowest BCUT2D eigenvalue weighted by atomic mass is 10.0. The molecule has 31 heavy (non-hydrogen) atoms. The predicted octanol–water partition coefficient (Wildman–Crippen LogP) is 3.66. The Morgan fingerprint density at radius 1 is 1.26 bits per heavy atom. The number of nitrogens with zero attached hydrogens (tertiary/aromatic N) is 4. The molecule has 0 unspecified atom stereocenters. The van der Waals surface area contributed by atoms with E-state index in [2.05, 4.69) is 15.6 Å². The van der Waals surface area contributed by atoms with Crippen LogP contribution in [0.4, 0.5) is 4.79 Å². The second-order valence-corrected chi connectivity index (χ2v) is 9.28. The molecule has 9 heteroatoms. The van der Waals surface area contributed by atoms with E-state index in [4.69, 9.17) is 0 Å². The molecule has 2 N–H and O–H groups in total. The SMILES string of the molecule is Cn1nncc1-c1csc(C(=O)N[C@H](Cc2ccccc2)CN(C(=O)O)C(C)(C)C)c1. The molecule has 0 saturated carbocycles. The minimum atomic E-state index is -1.01. The number of rotatable bonds is 7. The van der Waals surface area contributed by atoms with Gasteiger partial charge in [0.2, 0.25) is 0 Å². The van der Waals surface area contributed by atoms with Crippen LogP contribution in [0.25, 0.3) is 11.3 Å². The first-order valence-electron chi connectivity index (χ1n) is 9.94. The van der Waals surface area contributed by atoms with E-state index in [1.165, 1.54) is 16.2 Å². The van der Waals surface area contributed by atoms with E-state index in [0.717, 1.165) is 16.8 Å². The van der Waals surface area contributed by atoms with Gasteiger partial charge in [0.05, 0.1) is 22.8 Å². The van der Waals surface area contributed by atoms with Gasteiger partial charge in [-0.1, -0.05) is 35.5 Å². The van der Waals surface area contributed by atoms with Gasteiger partial charge in [0.25, 0.3) is 5.91 Å². The Kier molecular flexibility index (Phi) is 6.74. The number of nitrogens with one attached hydrogen (secondary N) is 1. The first kappa shape index (κ1) is 22.5. The van der Waals surface area contributed by atoms with Gasteiger partial charge in [-0.25, -0.2) is 9.48 Å². The Morgan fingerprint density at radius 2 is 1.97 bits per heavy atom. The number of carboxylic acid groups (broad SMARTS) is 1. The van der Waals surface area contributed by atoms with Crippen LogP contribution in [0, 0.1) is 0 Å². The minimum Gasteiger partial charge on any atom is -0.465 e. The Balaban J connectivity index is 1.80. The number of carbonyl (C=O) groups excluding carboxylic acids is 1. The first-order valence-corrected chi connectivity index (χ1v) is 10.8. The Bertz CT molecular complexity index is 1040. The van der Waals surface area contributed by atoms with Gasteiger partial charge >= 0.3 is 6.09 Å². The van der Waals surface area contributed by atoms with Crippen LogP contribution in [-0.4, -0.2) is 55.1 Å². The molecule has 2 heterocycles. The predicted molar refractivity (Wildman–Crippen MR) is 120 cm³/mol. The zero-order chi connectivity index (χ0) is 22.6. The van der Waals surface area contributed by atoms with Crippen molar-refractivity contribution in [2.45, 2.75) is 38.8 Å². The standard InChI is InChI=1S/C22H27N5O3S/c1-22(2,3)27(21(29)30)13-17(10-15-8-6-5-7-9-15)24-20(28)19-11-16(14-31-19)18-12-23-25-26(18)4/h5-9,11-12,14,17H,10,13H2,1-4H3,(H,24,28)(H,29,30)/t17-/m1/s1. The summed E-state index contributed by atoms with van der Waals surface area (Å²) in [6, 6.07) is 11.2. The van der Waals surface area contributed by atoms with Crippen molar-refractivity contribution < 1.29 is 14.7 Å². The lowest BCUT2D eigenvalue weighted by molar-refractivity contribution is 0.0824. The highest BCUT2D eigenvalue weighted by Gasteiger charge is 2.30. The minimum absolute atomic E-state index is 0.184. The number of aryl methyl sites for hydroxylation is 1. The average molecular weight is 442 g/mol. The number of amides is 2. The zero-order valence-electron chi connectivity index (χ0n) is 18.1. The molecule has 2 amide bonds. The third kappa shape index (κ3) is 5.69. The van der Waals surface area contributed by atoms with Crippen molar-refractivity contribution in [3.8, 4) is 11.3 Å². The molecule has 3 rings (SSSR count). The summed E-state index contributed by atoms with van der Waals surface area (Å²) in [5.41, 5.74) is 2.12. The summed E-state index contributed by atoms with van der Waals surface area (Å²) in [5.74, 6) is -0.230. The molecule has 0 aliphatic rings. The number of thiophene rings is 1. The van der Waals surface area contributed by atoms with Crippen LogP contribution in [-0.2, 0) is 13.5 Å². The molecular weight excluding hydrogens is 414 g/mol. The van der Waals surface area contributed by atoms with Gasteiger partial charge in [-0.15, -0.1) is 16.4 Å². The van der Waals surface area contributed by atoms with Gasteiger partial charge in [-0.05, 0) is 38.8 Å². The topological polar surface area (TPSA) is 100 Å². The molecule has 2 aromatic heterocycles. The van der Waals surface area contributed by atoms with Gasteiger partial charge in [0.15, 0.2) is 0 Å². The zero-order valence-corrected chi connectivity index (χ0v) is 18.9. The number of hydrogen-bond donors (Lipinski definition) is 2. The van der Waals surface area contributed by atoms with Crippen LogP contribution < -0.4 is 5.32 Å². The van der Waals surface area contributed by atoms with Crippen molar-refractivity contribution in [3.63, 3.8) is 0 Å². The summed E-state index contributed by atoms with van der Waals surface area (Å²) in [6.07, 6.45) is 1.16. The summed E-state index contributed by atoms with van der Waals surface area (Å²) in [7, 11) is 1.79. The molecule has 1 aromatic carbocycles. The Labute approximate surface area is 185 Å². The second kappa shape index (κ2) is 9.30. The van der Waals surface area contributed by atoms with Crippen molar-refractivity contribution in [2.24, 2.45) is 7.05 Å². The molecule has 0 aliphatic carbocycles. The monoisotopic (exact) mass is 441 g/mol. The van der Waals surface area contributed by atoms with Crippen molar-refractivity contribution in [1.82, 2.24) is 25.2 Å². The smallest absolute Gasteiger partial charge is 0.407 e. The number of carbonyl (C=O) groups is 2. The van der Waals surface area contributed by atoms with Gasteiger partial charge < -0.3 is 15.3 Å². The van der Waals surface area contributed by atoms with Gasteiger partial charge in [0, 0.05) is 30.1 Å². The molecule has 0 aliphatic heterocycles. The summed E-state index contributed by atoms with van der Waals surface area (Å²) >= 11 is 1.33. The van der Waals surface area contributed by atoms with E-state index < -0.39 is 11.6 Å². The van der Waals surface area contributed by atoms with E-state index in [1.807, 2.05) is 56.5 Å². The number of aromatic nitrogens is 3. The highest BCUT2D eigenvalue weighted by molar-refractivity contribution is 7.12. The van der Waals surface area contributed by atoms with Crippen LogP contribution in [0.1, 0.15) is 36.0 Å². The summed E-state index contributed by atoms with van der Waals surface area (Å²) in [6.45, 7) is 5.71. The fourth-order valence-electron chi connectivity index (χ4n) is 3.32. The van der Waals surface area contributed by atoms with Crippen LogP contribution in [0.3, 0.4) is 0 Å². The largest absolute Gasteiger partial charge is 0.465 e. The number of hydrogen-bond acceptors (Lipinski definition) is 5. The van der Waals surface area contributed by atoms with E-state index in [-0.39, 0.29) is 18.5 Å². The molecule has 0 fully saturated rings. The number of benzene rings is 1. The fraction of sp³-hybridized carbons (Fsp3) is 0.364. The van der Waals surface area contributed by atoms with E-state index in [1.54, 1.807) is 24.0 Å². The van der Waals surface area contributed by atoms with Crippen molar-refractivity contribution in [1.29, 1.82) is 0 Å². The highest BCUT2D eigenvalue weighted by atomic mass is 32.1. The third-order valence-corrected chi connectivity index (χ3v) is 5.87. The van der Waals surface area contributed by atoms with E-state index in [9.17, 15) is 14.7 Å². The highest BCUT2D eigenvalue weighted by Crippen LogP contribution is 2.25. The maximum Gasteiger partial charge on any atom is 0.407 e. The van der Waals surface area contributed by atoms with Crippen molar-refractivity contribution in [3.05, 3.63) is 58.4 Å². The normalized spacial score (nSPS) is 12.4. The summed E-state index contributed by atoms with van der Waals surface area (Å²) in [4.78, 5) is 26.8. The molecule has 164 valence electrons. The van der Waals surface area contributed by atoms with Crippen molar-refractivity contribution in [2.75, 3.05) is 6.54 Å². The molecule has 8 nitrogen and oxygen atoms in total. The fourth-order valence-corrected chi connectivity index (χ4v) is 4.12. The molecule has 0 spiro atoms. The van der Waals surface area contributed by atoms with Crippen molar-refractivity contribution >= 4 is 23.3 Å². The van der Waals surface area contributed by atoms with Gasteiger partial charge in [-0.2, -0.15) is 0 Å². The van der Waals surface area contributed by atoms with Crippen LogP contribution in [0.2, 0.25) is 0 Å². The maximum absolute atomic E-state index is 13.0. The first-order chi connectivity index (χ1) is 14.6. The molecule has 1 atom stereocenters. The average Bonchev–Trinajstić information content (AvgIpc) is 3.34. The van der Waals surface area contributed by atoms with Crippen LogP contribution in [0.5, 0.6) is 0 Å². The van der Waals surface area contributed by atoms with Crippen LogP contribution in [0.15, 0.2) is 48.0 Å². The third-order valence-electron chi connectivity index (χ3n) is 4.94. The molecular formula is C22H27N5O3S. The molecule has 3 aromatic rings. The molecule has 0 saturated heterocycles. The van der Waals surface area contributed by atoms with E-state index in [0.29, 0.717) is 11.3 Å². The Morgan fingerprint density at radius 3 is 2.55 bits per heavy atom. The Hall–Kier alpha value is -3.20. The summed E-state index contributed by atoms with van der Waals surface area (Å²) < 4.78 is 1.65. The molecule has 0 radical (unpaired) electrons. The molecule has 0 bridgehead atoms. The van der Waals surface area contributed by atoms with Gasteiger partial charge in [0.1, 0.15) is 0 Å². The van der Waals surface area contributed by atoms with Crippen LogP contribution >= 0.6 is 11.3 Å². The maximum atomic E-state index is 13.0. The quantitative estimate of drug-likeness (QED) is 0.583. The second-order valence-electron chi connectivity index (χ2n) is 8.37. The van der Waals surface area contributed by atoms with Gasteiger partial charge in [-0.3, -0.25) is 4.79 Å². The van der Waals surface area contributed by atoms with E-state index >= 15 is 0 Å². The summed E-state index contributed by atoms with van der Waals surface area (Å²) in [5, 5.41) is 22.4. The lowest BCUT2D eigenvalue weighted by Gasteiger charge is -2.36. The lowest BCUT2D eigenvalue weighted by Crippen LogP contribution is -2.53.